The van der Waals surface area contributed by atoms with Crippen LogP contribution in [0.25, 0.3) is 0 Å². The molecule has 0 N–H and O–H groups in total. The van der Waals surface area contributed by atoms with Crippen LogP contribution in [0.2, 0.25) is 0 Å². The molecule has 0 saturated carbocycles. The van der Waals surface area contributed by atoms with Crippen molar-refractivity contribution in [2.75, 3.05) is 0 Å². The van der Waals surface area contributed by atoms with E-state index in [1.54, 1.807) is 0 Å². The van der Waals surface area contributed by atoms with Crippen LogP contribution in [0, 0.1) is 11.6 Å². The number of rotatable bonds is 3. The number of hydrogen-bond donors (Lipinski definition) is 0. The van der Waals surface area contributed by atoms with Crippen molar-refractivity contribution >= 4 is 32.2 Å². The molecule has 1 aromatic carbocycles. The average molecular weight is 429 g/mol. The number of pyridine rings is 1. The van der Waals surface area contributed by atoms with E-state index in [1.165, 1.54) is 0 Å². The summed E-state index contributed by atoms with van der Waals surface area (Å²) in [6.45, 7) is 0. The second-order valence-corrected chi connectivity index (χ2v) is 6.77. The van der Waals surface area contributed by atoms with Crippen LogP contribution in [-0.2, 0) is 16.2 Å². The summed E-state index contributed by atoms with van der Waals surface area (Å²) >= 11 is 2.75. The van der Waals surface area contributed by atoms with Crippen LogP contribution < -0.4 is 0 Å². The lowest BCUT2D eigenvalue weighted by Gasteiger charge is -2.05. The van der Waals surface area contributed by atoms with Crippen LogP contribution in [0.3, 0.4) is 0 Å². The number of alkyl halides is 3. The molecular formula is C13H6BrF5N2O2S. The Labute approximate surface area is 141 Å². The van der Waals surface area contributed by atoms with E-state index >= 15 is 0 Å². The monoisotopic (exact) mass is 428 g/mol. The molecule has 0 unspecified atom stereocenters. The predicted octanol–water partition coefficient (Wildman–Crippen LogP) is 3.95. The molecule has 0 atom stereocenters. The summed E-state index contributed by atoms with van der Waals surface area (Å²) in [5.74, 6) is -1.78. The molecule has 0 aliphatic carbocycles. The summed E-state index contributed by atoms with van der Waals surface area (Å²) in [5, 5.41) is 0. The summed E-state index contributed by atoms with van der Waals surface area (Å²) < 4.78 is 90.7. The highest BCUT2D eigenvalue weighted by molar-refractivity contribution is 9.10. The van der Waals surface area contributed by atoms with E-state index < -0.39 is 44.0 Å². The molecule has 2 aromatic rings. The molecule has 0 radical (unpaired) electrons. The normalized spacial score (nSPS) is 12.8. The van der Waals surface area contributed by atoms with Gasteiger partial charge < -0.3 is 0 Å². The van der Waals surface area contributed by atoms with Crippen molar-refractivity contribution in [1.82, 2.24) is 4.98 Å². The minimum Gasteiger partial charge on any atom is -0.250 e. The topological polar surface area (TPSA) is 59.4 Å². The first-order valence-electron chi connectivity index (χ1n) is 5.99. The van der Waals surface area contributed by atoms with Gasteiger partial charge in [-0.3, -0.25) is 4.98 Å². The number of aromatic nitrogens is 1. The lowest BCUT2D eigenvalue weighted by Crippen LogP contribution is -2.08. The minimum absolute atomic E-state index is 0.341. The summed E-state index contributed by atoms with van der Waals surface area (Å²) in [6.07, 6.45) is -3.69. The lowest BCUT2D eigenvalue weighted by molar-refractivity contribution is -0.141. The number of sulfonamides is 1. The third kappa shape index (κ3) is 3.96. The third-order valence-corrected chi connectivity index (χ3v) is 4.75. The maximum atomic E-state index is 13.6. The van der Waals surface area contributed by atoms with Gasteiger partial charge in [-0.2, -0.15) is 26.0 Å². The van der Waals surface area contributed by atoms with Crippen molar-refractivity contribution in [2.24, 2.45) is 4.40 Å². The number of benzene rings is 1. The average Bonchev–Trinajstić information content (AvgIpc) is 2.50. The molecule has 0 fully saturated rings. The van der Waals surface area contributed by atoms with Crippen molar-refractivity contribution in [3.05, 3.63) is 57.8 Å². The largest absolute Gasteiger partial charge is 0.433 e. The van der Waals surface area contributed by atoms with Gasteiger partial charge >= 0.3 is 6.18 Å². The summed E-state index contributed by atoms with van der Waals surface area (Å²) in [4.78, 5) is 2.37. The van der Waals surface area contributed by atoms with Gasteiger partial charge in [-0.15, -0.1) is 0 Å². The zero-order valence-corrected chi connectivity index (χ0v) is 13.8. The third-order valence-electron chi connectivity index (χ3n) is 2.72. The van der Waals surface area contributed by atoms with E-state index in [1.807, 2.05) is 0 Å². The molecular weight excluding hydrogens is 423 g/mol. The van der Waals surface area contributed by atoms with Crippen molar-refractivity contribution < 1.29 is 30.4 Å². The highest BCUT2D eigenvalue weighted by Gasteiger charge is 2.32. The van der Waals surface area contributed by atoms with Gasteiger partial charge in [0, 0.05) is 11.8 Å². The summed E-state index contributed by atoms with van der Waals surface area (Å²) in [6, 6.07) is 2.74. The second kappa shape index (κ2) is 6.55. The van der Waals surface area contributed by atoms with E-state index in [0.29, 0.717) is 24.5 Å². The fourth-order valence-corrected chi connectivity index (χ4v) is 2.76. The number of hydrogen-bond acceptors (Lipinski definition) is 3. The molecule has 11 heteroatoms. The molecule has 4 nitrogen and oxygen atoms in total. The molecule has 0 saturated heterocycles. The minimum atomic E-state index is -4.72. The predicted molar refractivity (Wildman–Crippen MR) is 78.1 cm³/mol. The molecule has 2 rings (SSSR count). The summed E-state index contributed by atoms with van der Waals surface area (Å²) in [7, 11) is -4.44. The molecule has 0 aliphatic heterocycles. The second-order valence-electron chi connectivity index (χ2n) is 4.34. The van der Waals surface area contributed by atoms with Crippen molar-refractivity contribution in [3.8, 4) is 0 Å². The van der Waals surface area contributed by atoms with Gasteiger partial charge in [0.15, 0.2) is 0 Å². The molecule has 0 bridgehead atoms. The molecule has 24 heavy (non-hydrogen) atoms. The Bertz CT molecular complexity index is 896. The number of halogens is 6. The first-order chi connectivity index (χ1) is 11.0. The number of nitrogens with zero attached hydrogens (tertiary/aromatic N) is 2. The fraction of sp³-hybridized carbons (Fsp3) is 0.0769. The van der Waals surface area contributed by atoms with Gasteiger partial charge in [0.05, 0.1) is 10.7 Å². The highest BCUT2D eigenvalue weighted by Crippen LogP contribution is 2.28. The van der Waals surface area contributed by atoms with Crippen LogP contribution in [0.5, 0.6) is 0 Å². The van der Waals surface area contributed by atoms with Gasteiger partial charge in [0.1, 0.15) is 22.2 Å². The smallest absolute Gasteiger partial charge is 0.250 e. The SMILES string of the molecule is O=S(=O)(/N=C/c1c(F)ccc(F)c1Br)c1ccc(C(F)(F)F)nc1. The highest BCUT2D eigenvalue weighted by atomic mass is 79.9. The van der Waals surface area contributed by atoms with E-state index in [-0.39, 0.29) is 4.47 Å². The Kier molecular flexibility index (Phi) is 5.04. The Morgan fingerprint density at radius 3 is 2.25 bits per heavy atom. The van der Waals surface area contributed by atoms with E-state index in [9.17, 15) is 30.4 Å². The maximum Gasteiger partial charge on any atom is 0.433 e. The maximum absolute atomic E-state index is 13.6. The lowest BCUT2D eigenvalue weighted by atomic mass is 10.2. The molecule has 0 aliphatic rings. The van der Waals surface area contributed by atoms with E-state index in [0.717, 1.165) is 12.1 Å². The quantitative estimate of drug-likeness (QED) is 0.422. The van der Waals surface area contributed by atoms with E-state index in [4.69, 9.17) is 0 Å². The zero-order valence-electron chi connectivity index (χ0n) is 11.4. The van der Waals surface area contributed by atoms with Crippen LogP contribution >= 0.6 is 15.9 Å². The molecule has 0 amide bonds. The Hall–Kier alpha value is -1.88. The molecule has 1 heterocycles. The van der Waals surface area contributed by atoms with Crippen molar-refractivity contribution in [1.29, 1.82) is 0 Å². The van der Waals surface area contributed by atoms with Gasteiger partial charge in [0.2, 0.25) is 0 Å². The van der Waals surface area contributed by atoms with Crippen molar-refractivity contribution in [2.45, 2.75) is 11.1 Å². The van der Waals surface area contributed by atoms with Crippen LogP contribution in [0.15, 0.2) is 44.2 Å². The Morgan fingerprint density at radius 1 is 1.08 bits per heavy atom. The van der Waals surface area contributed by atoms with E-state index in [2.05, 4.69) is 25.3 Å². The Balaban J connectivity index is 2.37. The van der Waals surface area contributed by atoms with Gasteiger partial charge in [-0.1, -0.05) is 0 Å². The van der Waals surface area contributed by atoms with Gasteiger partial charge in [-0.05, 0) is 40.2 Å². The fourth-order valence-electron chi connectivity index (χ4n) is 1.54. The molecule has 128 valence electrons. The molecule has 1 aromatic heterocycles. The zero-order chi connectivity index (χ0) is 18.1. The Morgan fingerprint density at radius 2 is 1.71 bits per heavy atom. The van der Waals surface area contributed by atoms with Crippen LogP contribution in [0.4, 0.5) is 22.0 Å². The van der Waals surface area contributed by atoms with Crippen LogP contribution in [0.1, 0.15) is 11.3 Å². The molecule has 0 spiro atoms. The standard InChI is InChI=1S/C13H6BrF5N2O2S/c14-12-8(9(15)2-3-10(12)16)6-21-24(22,23)7-1-4-11(20-5-7)13(17,18)19/h1-6H/b21-6+. The first kappa shape index (κ1) is 18.5. The van der Waals surface area contributed by atoms with Gasteiger partial charge in [-0.25, -0.2) is 8.78 Å². The summed E-state index contributed by atoms with van der Waals surface area (Å²) in [5.41, 5.74) is -1.73. The van der Waals surface area contributed by atoms with Crippen LogP contribution in [-0.4, -0.2) is 19.6 Å². The van der Waals surface area contributed by atoms with Crippen molar-refractivity contribution in [3.63, 3.8) is 0 Å². The van der Waals surface area contributed by atoms with Gasteiger partial charge in [0.25, 0.3) is 10.0 Å². The first-order valence-corrected chi connectivity index (χ1v) is 8.23.